The SMILES string of the molecule is CC(C)C1C(C)(C)C(N)C1(C)C. The van der Waals surface area contributed by atoms with E-state index in [-0.39, 0.29) is 0 Å². The van der Waals surface area contributed by atoms with Crippen LogP contribution in [0.2, 0.25) is 0 Å². The van der Waals surface area contributed by atoms with E-state index in [0.29, 0.717) is 16.9 Å². The van der Waals surface area contributed by atoms with Gasteiger partial charge in [-0.3, -0.25) is 0 Å². The largest absolute Gasteiger partial charge is 0.327 e. The number of hydrogen-bond donors (Lipinski definition) is 1. The molecule has 12 heavy (non-hydrogen) atoms. The third kappa shape index (κ3) is 1.02. The minimum atomic E-state index is 0.331. The zero-order valence-corrected chi connectivity index (χ0v) is 9.31. The maximum atomic E-state index is 6.16. The van der Waals surface area contributed by atoms with E-state index in [9.17, 15) is 0 Å². The molecular formula is C11H23N. The molecule has 1 rings (SSSR count). The minimum Gasteiger partial charge on any atom is -0.327 e. The average molecular weight is 169 g/mol. The smallest absolute Gasteiger partial charge is 0.0148 e. The van der Waals surface area contributed by atoms with Crippen molar-refractivity contribution in [2.45, 2.75) is 47.6 Å². The summed E-state index contributed by atoms with van der Waals surface area (Å²) in [5.74, 6) is 1.51. The molecule has 0 atom stereocenters. The fourth-order valence-corrected chi connectivity index (χ4v) is 3.93. The maximum absolute atomic E-state index is 6.16. The Balaban J connectivity index is 2.86. The Morgan fingerprint density at radius 2 is 1.33 bits per heavy atom. The normalized spacial score (nSPS) is 38.0. The summed E-state index contributed by atoms with van der Waals surface area (Å²) < 4.78 is 0. The highest BCUT2D eigenvalue weighted by Crippen LogP contribution is 2.60. The Morgan fingerprint density at radius 1 is 1.00 bits per heavy atom. The van der Waals surface area contributed by atoms with Gasteiger partial charge in [0, 0.05) is 6.04 Å². The van der Waals surface area contributed by atoms with Gasteiger partial charge in [-0.05, 0) is 22.7 Å². The van der Waals surface area contributed by atoms with Crippen LogP contribution in [0.4, 0.5) is 0 Å². The molecule has 1 aliphatic carbocycles. The molecule has 1 heteroatoms. The van der Waals surface area contributed by atoms with Crippen LogP contribution in [0.15, 0.2) is 0 Å². The first-order valence-corrected chi connectivity index (χ1v) is 4.98. The third-order valence-corrected chi connectivity index (χ3v) is 3.87. The van der Waals surface area contributed by atoms with Crippen LogP contribution >= 0.6 is 0 Å². The lowest BCUT2D eigenvalue weighted by Gasteiger charge is -2.65. The van der Waals surface area contributed by atoms with Gasteiger partial charge in [0.1, 0.15) is 0 Å². The van der Waals surface area contributed by atoms with Crippen molar-refractivity contribution in [1.82, 2.24) is 0 Å². The Bertz CT molecular complexity index is 163. The second-order valence-electron chi connectivity index (χ2n) is 5.84. The summed E-state index contributed by atoms with van der Waals surface area (Å²) in [5.41, 5.74) is 6.82. The molecule has 0 unspecified atom stereocenters. The third-order valence-electron chi connectivity index (χ3n) is 3.87. The van der Waals surface area contributed by atoms with Gasteiger partial charge in [-0.2, -0.15) is 0 Å². The van der Waals surface area contributed by atoms with Crippen molar-refractivity contribution < 1.29 is 0 Å². The van der Waals surface area contributed by atoms with Gasteiger partial charge in [-0.25, -0.2) is 0 Å². The van der Waals surface area contributed by atoms with Gasteiger partial charge in [0.15, 0.2) is 0 Å². The van der Waals surface area contributed by atoms with Crippen LogP contribution in [-0.4, -0.2) is 6.04 Å². The van der Waals surface area contributed by atoms with Crippen molar-refractivity contribution in [2.24, 2.45) is 28.4 Å². The highest BCUT2D eigenvalue weighted by Gasteiger charge is 2.60. The Hall–Kier alpha value is -0.0400. The molecule has 0 saturated heterocycles. The molecule has 0 spiro atoms. The second-order valence-corrected chi connectivity index (χ2v) is 5.84. The lowest BCUT2D eigenvalue weighted by Crippen LogP contribution is -2.68. The van der Waals surface area contributed by atoms with Crippen LogP contribution in [0.1, 0.15) is 41.5 Å². The van der Waals surface area contributed by atoms with Crippen molar-refractivity contribution in [3.05, 3.63) is 0 Å². The van der Waals surface area contributed by atoms with Crippen LogP contribution in [0, 0.1) is 22.7 Å². The van der Waals surface area contributed by atoms with E-state index < -0.39 is 0 Å². The Labute approximate surface area is 76.7 Å². The average Bonchev–Trinajstić information content (AvgIpc) is 1.83. The molecule has 0 aromatic rings. The first-order valence-electron chi connectivity index (χ1n) is 4.98. The summed E-state index contributed by atoms with van der Waals surface area (Å²) in [5, 5.41) is 0. The zero-order chi connectivity index (χ0) is 9.73. The van der Waals surface area contributed by atoms with Crippen LogP contribution in [-0.2, 0) is 0 Å². The highest BCUT2D eigenvalue weighted by atomic mass is 14.8. The lowest BCUT2D eigenvalue weighted by atomic mass is 9.42. The predicted molar refractivity (Wildman–Crippen MR) is 53.9 cm³/mol. The van der Waals surface area contributed by atoms with Crippen molar-refractivity contribution in [1.29, 1.82) is 0 Å². The quantitative estimate of drug-likeness (QED) is 0.641. The van der Waals surface area contributed by atoms with Crippen LogP contribution in [0.3, 0.4) is 0 Å². The molecule has 1 fully saturated rings. The fraction of sp³-hybridized carbons (Fsp3) is 1.00. The van der Waals surface area contributed by atoms with Crippen molar-refractivity contribution in [3.63, 3.8) is 0 Å². The monoisotopic (exact) mass is 169 g/mol. The van der Waals surface area contributed by atoms with Crippen molar-refractivity contribution in [3.8, 4) is 0 Å². The molecule has 1 nitrogen and oxygen atoms in total. The van der Waals surface area contributed by atoms with Crippen molar-refractivity contribution in [2.75, 3.05) is 0 Å². The van der Waals surface area contributed by atoms with Gasteiger partial charge in [0.25, 0.3) is 0 Å². The lowest BCUT2D eigenvalue weighted by molar-refractivity contribution is -0.133. The second kappa shape index (κ2) is 2.47. The Morgan fingerprint density at radius 3 is 1.50 bits per heavy atom. The molecule has 0 amide bonds. The molecule has 0 aliphatic heterocycles. The summed E-state index contributed by atoms with van der Waals surface area (Å²) >= 11 is 0. The fourth-order valence-electron chi connectivity index (χ4n) is 3.93. The molecule has 2 N–H and O–H groups in total. The Kier molecular flexibility index (Phi) is 2.07. The molecule has 72 valence electrons. The zero-order valence-electron chi connectivity index (χ0n) is 9.31. The highest BCUT2D eigenvalue weighted by molar-refractivity contribution is 5.12. The van der Waals surface area contributed by atoms with E-state index in [1.807, 2.05) is 0 Å². The molecule has 0 heterocycles. The van der Waals surface area contributed by atoms with Gasteiger partial charge in [-0.15, -0.1) is 0 Å². The first-order chi connectivity index (χ1) is 5.22. The van der Waals surface area contributed by atoms with Gasteiger partial charge >= 0.3 is 0 Å². The molecular weight excluding hydrogens is 146 g/mol. The molecule has 0 aromatic heterocycles. The van der Waals surface area contributed by atoms with E-state index in [2.05, 4.69) is 41.5 Å². The number of nitrogens with two attached hydrogens (primary N) is 1. The van der Waals surface area contributed by atoms with E-state index in [1.165, 1.54) is 0 Å². The molecule has 0 aromatic carbocycles. The molecule has 1 aliphatic rings. The van der Waals surface area contributed by atoms with E-state index >= 15 is 0 Å². The van der Waals surface area contributed by atoms with Gasteiger partial charge in [-0.1, -0.05) is 41.5 Å². The van der Waals surface area contributed by atoms with Gasteiger partial charge in [0.2, 0.25) is 0 Å². The summed E-state index contributed by atoms with van der Waals surface area (Å²) in [6.45, 7) is 13.8. The summed E-state index contributed by atoms with van der Waals surface area (Å²) in [6.07, 6.45) is 0. The van der Waals surface area contributed by atoms with Gasteiger partial charge < -0.3 is 5.73 Å². The van der Waals surface area contributed by atoms with E-state index in [4.69, 9.17) is 5.73 Å². The van der Waals surface area contributed by atoms with Crippen LogP contribution < -0.4 is 5.73 Å². The molecule has 0 bridgehead atoms. The van der Waals surface area contributed by atoms with Gasteiger partial charge in [0.05, 0.1) is 0 Å². The minimum absolute atomic E-state index is 0.331. The first kappa shape index (κ1) is 10.0. The van der Waals surface area contributed by atoms with Crippen LogP contribution in [0.5, 0.6) is 0 Å². The predicted octanol–water partition coefficient (Wildman–Crippen LogP) is 2.65. The standard InChI is InChI=1S/C11H23N/c1-7(2)8-10(3,4)9(12)11(8,5)6/h7-9H,12H2,1-6H3. The van der Waals surface area contributed by atoms with E-state index in [1.54, 1.807) is 0 Å². The molecule has 1 saturated carbocycles. The topological polar surface area (TPSA) is 26.0 Å². The maximum Gasteiger partial charge on any atom is 0.0148 e. The number of rotatable bonds is 1. The van der Waals surface area contributed by atoms with Crippen LogP contribution in [0.25, 0.3) is 0 Å². The summed E-state index contributed by atoms with van der Waals surface area (Å²) in [4.78, 5) is 0. The van der Waals surface area contributed by atoms with Crippen molar-refractivity contribution >= 4 is 0 Å². The van der Waals surface area contributed by atoms with E-state index in [0.717, 1.165) is 11.8 Å². The summed E-state index contributed by atoms with van der Waals surface area (Å²) in [7, 11) is 0. The number of hydrogen-bond acceptors (Lipinski definition) is 1. The molecule has 0 radical (unpaired) electrons. The summed E-state index contributed by atoms with van der Waals surface area (Å²) in [6, 6.07) is 0.359.